The Bertz CT molecular complexity index is 766. The van der Waals surface area contributed by atoms with Gasteiger partial charge in [-0.05, 0) is 24.3 Å². The molecule has 0 bridgehead atoms. The summed E-state index contributed by atoms with van der Waals surface area (Å²) >= 11 is 0. The van der Waals surface area contributed by atoms with Crippen LogP contribution in [-0.2, 0) is 9.53 Å². The summed E-state index contributed by atoms with van der Waals surface area (Å²) in [7, 11) is 0. The summed E-state index contributed by atoms with van der Waals surface area (Å²) in [6, 6.07) is 14.4. The van der Waals surface area contributed by atoms with E-state index in [2.05, 4.69) is 5.32 Å². The third kappa shape index (κ3) is 4.28. The minimum Gasteiger partial charge on any atom is -0.438 e. The highest BCUT2D eigenvalue weighted by atomic mass is 16.6. The number of non-ortho nitro benzene ring substituents is 1. The highest BCUT2D eigenvalue weighted by Gasteiger charge is 2.17. The maximum absolute atomic E-state index is 11.3. The summed E-state index contributed by atoms with van der Waals surface area (Å²) < 4.78 is 5.19. The summed E-state index contributed by atoms with van der Waals surface area (Å²) in [4.78, 5) is 21.7. The Morgan fingerprint density at radius 1 is 1.30 bits per heavy atom. The molecule has 0 radical (unpaired) electrons. The minimum absolute atomic E-state index is 0.0960. The number of nitro groups is 1. The fraction of sp³-hybridized carbons (Fsp3) is 0.125. The number of nitrogens with zero attached hydrogens (tertiary/aromatic N) is 2. The van der Waals surface area contributed by atoms with Crippen molar-refractivity contribution >= 4 is 17.3 Å². The van der Waals surface area contributed by atoms with E-state index in [1.54, 1.807) is 30.3 Å². The number of hydrogen-bond acceptors (Lipinski definition) is 6. The van der Waals surface area contributed by atoms with E-state index in [0.29, 0.717) is 16.8 Å². The predicted molar refractivity (Wildman–Crippen MR) is 82.4 cm³/mol. The van der Waals surface area contributed by atoms with Crippen molar-refractivity contribution in [2.45, 2.75) is 13.2 Å². The number of ether oxygens (including phenoxy) is 1. The molecule has 0 amide bonds. The average Bonchev–Trinajstić information content (AvgIpc) is 2.54. The quantitative estimate of drug-likeness (QED) is 0.393. The van der Waals surface area contributed by atoms with Gasteiger partial charge in [-0.2, -0.15) is 5.26 Å². The smallest absolute Gasteiger partial charge is 0.304 e. The van der Waals surface area contributed by atoms with E-state index in [9.17, 15) is 14.9 Å². The Labute approximate surface area is 132 Å². The van der Waals surface area contributed by atoms with Gasteiger partial charge in [-0.1, -0.05) is 12.1 Å². The van der Waals surface area contributed by atoms with Crippen molar-refractivity contribution in [3.05, 3.63) is 69.8 Å². The molecule has 2 aromatic carbocycles. The molecule has 0 saturated carbocycles. The van der Waals surface area contributed by atoms with Gasteiger partial charge in [0.25, 0.3) is 5.69 Å². The monoisotopic (exact) mass is 311 g/mol. The Morgan fingerprint density at radius 3 is 2.57 bits per heavy atom. The number of nitrogens with one attached hydrogen (secondary N) is 1. The largest absolute Gasteiger partial charge is 0.438 e. The fourth-order valence-electron chi connectivity index (χ4n) is 1.94. The average molecular weight is 311 g/mol. The molecule has 0 aliphatic rings. The van der Waals surface area contributed by atoms with Gasteiger partial charge in [0.05, 0.1) is 16.6 Å². The topological polar surface area (TPSA) is 105 Å². The molecule has 0 fully saturated rings. The Hall–Kier alpha value is -3.40. The lowest BCUT2D eigenvalue weighted by Crippen LogP contribution is -2.17. The molecule has 7 heteroatoms. The number of esters is 1. The van der Waals surface area contributed by atoms with E-state index in [1.807, 2.05) is 6.07 Å². The number of nitro benzene ring substituents is 1. The van der Waals surface area contributed by atoms with Gasteiger partial charge >= 0.3 is 5.97 Å². The van der Waals surface area contributed by atoms with Gasteiger partial charge in [-0.15, -0.1) is 0 Å². The molecular weight excluding hydrogens is 298 g/mol. The molecular formula is C16H13N3O4. The van der Waals surface area contributed by atoms with E-state index < -0.39 is 17.1 Å². The second-order valence-electron chi connectivity index (χ2n) is 4.68. The van der Waals surface area contributed by atoms with Gasteiger partial charge in [-0.3, -0.25) is 14.9 Å². The Morgan fingerprint density at radius 2 is 2.00 bits per heavy atom. The minimum atomic E-state index is -0.875. The lowest BCUT2D eigenvalue weighted by molar-refractivity contribution is -0.385. The maximum atomic E-state index is 11.3. The van der Waals surface area contributed by atoms with Crippen LogP contribution in [0, 0.1) is 21.4 Å². The number of nitriles is 1. The second kappa shape index (κ2) is 7.04. The molecule has 116 valence electrons. The molecule has 0 aliphatic heterocycles. The van der Waals surface area contributed by atoms with E-state index in [0.717, 1.165) is 0 Å². The first-order chi connectivity index (χ1) is 11.0. The number of rotatable bonds is 5. The van der Waals surface area contributed by atoms with Crippen LogP contribution >= 0.6 is 0 Å². The van der Waals surface area contributed by atoms with E-state index >= 15 is 0 Å². The third-order valence-electron chi connectivity index (χ3n) is 2.98. The van der Waals surface area contributed by atoms with Gasteiger partial charge in [0.1, 0.15) is 0 Å². The first-order valence-corrected chi connectivity index (χ1v) is 6.68. The van der Waals surface area contributed by atoms with Crippen LogP contribution in [0.15, 0.2) is 48.5 Å². The highest BCUT2D eigenvalue weighted by molar-refractivity contribution is 5.67. The molecule has 0 saturated heterocycles. The fourth-order valence-corrected chi connectivity index (χ4v) is 1.94. The lowest BCUT2D eigenvalue weighted by Gasteiger charge is -2.20. The van der Waals surface area contributed by atoms with Crippen LogP contribution in [0.1, 0.15) is 24.3 Å². The van der Waals surface area contributed by atoms with E-state index in [1.165, 1.54) is 25.1 Å². The first kappa shape index (κ1) is 16.0. The molecule has 0 heterocycles. The molecule has 0 aromatic heterocycles. The highest BCUT2D eigenvalue weighted by Crippen LogP contribution is 2.24. The van der Waals surface area contributed by atoms with Crippen molar-refractivity contribution in [1.29, 1.82) is 5.26 Å². The van der Waals surface area contributed by atoms with Crippen molar-refractivity contribution in [3.63, 3.8) is 0 Å². The predicted octanol–water partition coefficient (Wildman–Crippen LogP) is 3.14. The Balaban J connectivity index is 2.29. The van der Waals surface area contributed by atoms with Crippen LogP contribution in [0.25, 0.3) is 0 Å². The number of hydrogen-bond donors (Lipinski definition) is 1. The zero-order valence-corrected chi connectivity index (χ0v) is 12.2. The molecule has 2 rings (SSSR count). The number of anilines is 1. The molecule has 7 nitrogen and oxygen atoms in total. The van der Waals surface area contributed by atoms with Crippen molar-refractivity contribution in [2.24, 2.45) is 0 Å². The zero-order chi connectivity index (χ0) is 16.8. The SMILES string of the molecule is CC(=O)OC(Nc1ccc(C#N)cc1)c1cccc([N+](=O)[O-])c1. The molecule has 0 aliphatic carbocycles. The van der Waals surface area contributed by atoms with Gasteiger partial charge in [-0.25, -0.2) is 0 Å². The van der Waals surface area contributed by atoms with Crippen molar-refractivity contribution in [3.8, 4) is 6.07 Å². The lowest BCUT2D eigenvalue weighted by atomic mass is 10.1. The summed E-state index contributed by atoms with van der Waals surface area (Å²) in [6.07, 6.45) is -0.875. The molecule has 0 spiro atoms. The molecule has 23 heavy (non-hydrogen) atoms. The summed E-state index contributed by atoms with van der Waals surface area (Å²) in [5.74, 6) is -0.525. The van der Waals surface area contributed by atoms with Crippen molar-refractivity contribution < 1.29 is 14.5 Å². The zero-order valence-electron chi connectivity index (χ0n) is 12.2. The van der Waals surface area contributed by atoms with Crippen molar-refractivity contribution in [2.75, 3.05) is 5.32 Å². The van der Waals surface area contributed by atoms with Gasteiger partial charge in [0.2, 0.25) is 0 Å². The molecule has 2 aromatic rings. The number of carbonyl (C=O) groups excluding carboxylic acids is 1. The molecule has 1 N–H and O–H groups in total. The second-order valence-corrected chi connectivity index (χ2v) is 4.68. The normalized spacial score (nSPS) is 11.1. The summed E-state index contributed by atoms with van der Waals surface area (Å²) in [5, 5.41) is 22.6. The van der Waals surface area contributed by atoms with Gasteiger partial charge in [0, 0.05) is 30.3 Å². The Kier molecular flexibility index (Phi) is 4.89. The molecule has 1 atom stereocenters. The van der Waals surface area contributed by atoms with E-state index in [-0.39, 0.29) is 5.69 Å². The van der Waals surface area contributed by atoms with E-state index in [4.69, 9.17) is 10.00 Å². The van der Waals surface area contributed by atoms with Crippen molar-refractivity contribution in [1.82, 2.24) is 0 Å². The van der Waals surface area contributed by atoms with Crippen LogP contribution in [0.4, 0.5) is 11.4 Å². The van der Waals surface area contributed by atoms with Gasteiger partial charge in [0.15, 0.2) is 6.23 Å². The van der Waals surface area contributed by atoms with Gasteiger partial charge < -0.3 is 10.1 Å². The summed E-state index contributed by atoms with van der Waals surface area (Å²) in [5.41, 5.74) is 1.46. The number of carbonyl (C=O) groups is 1. The standard InChI is InChI=1S/C16H13N3O4/c1-11(20)23-16(13-3-2-4-15(9-13)19(21)22)18-14-7-5-12(10-17)6-8-14/h2-9,16,18H,1H3. The van der Waals surface area contributed by atoms with Crippen LogP contribution in [0.2, 0.25) is 0 Å². The molecule has 1 unspecified atom stereocenters. The summed E-state index contributed by atoms with van der Waals surface area (Å²) in [6.45, 7) is 1.25. The van der Waals surface area contributed by atoms with Crippen LogP contribution in [-0.4, -0.2) is 10.9 Å². The van der Waals surface area contributed by atoms with Crippen LogP contribution in [0.3, 0.4) is 0 Å². The van der Waals surface area contributed by atoms with Crippen LogP contribution < -0.4 is 5.32 Å². The third-order valence-corrected chi connectivity index (χ3v) is 2.98. The van der Waals surface area contributed by atoms with Crippen LogP contribution in [0.5, 0.6) is 0 Å². The number of benzene rings is 2. The maximum Gasteiger partial charge on any atom is 0.304 e. The first-order valence-electron chi connectivity index (χ1n) is 6.68.